The third kappa shape index (κ3) is 6.93. The zero-order chi connectivity index (χ0) is 26.3. The molecular formula is C25H24ClNO7S2. The number of benzene rings is 2. The maximum atomic E-state index is 12.7. The third-order valence-electron chi connectivity index (χ3n) is 4.95. The monoisotopic (exact) mass is 549 g/mol. The maximum Gasteiger partial charge on any atom is 0.341 e. The van der Waals surface area contributed by atoms with E-state index in [9.17, 15) is 22.8 Å². The van der Waals surface area contributed by atoms with Gasteiger partial charge in [-0.25, -0.2) is 13.2 Å². The van der Waals surface area contributed by atoms with Crippen LogP contribution in [0.4, 0.5) is 5.00 Å². The molecule has 0 aliphatic carbocycles. The molecule has 2 aromatic carbocycles. The molecule has 0 unspecified atom stereocenters. The topological polar surface area (TPSA) is 116 Å². The van der Waals surface area contributed by atoms with Gasteiger partial charge in [0, 0.05) is 4.88 Å². The van der Waals surface area contributed by atoms with Crippen LogP contribution in [-0.2, 0) is 28.9 Å². The van der Waals surface area contributed by atoms with E-state index in [2.05, 4.69) is 5.32 Å². The van der Waals surface area contributed by atoms with Gasteiger partial charge in [-0.15, -0.1) is 11.3 Å². The molecule has 0 radical (unpaired) electrons. The molecule has 0 aliphatic heterocycles. The first-order chi connectivity index (χ1) is 17.1. The first kappa shape index (κ1) is 27.4. The Morgan fingerprint density at radius 2 is 1.72 bits per heavy atom. The molecule has 0 spiro atoms. The minimum atomic E-state index is -3.82. The van der Waals surface area contributed by atoms with Gasteiger partial charge in [0.15, 0.2) is 15.9 Å². The molecule has 1 amide bonds. The summed E-state index contributed by atoms with van der Waals surface area (Å²) in [5, 5.41) is 2.93. The standard InChI is InChI=1S/C25H24ClNO7S2/c1-3-33-25(30)18-15-20(17-9-5-4-6-10-17)35-24(18)27-23(29)16(2)34-22(28)13-14-36(31,32)21-12-8-7-11-19(21)26/h4-12,15-16H,3,13-14H2,1-2H3,(H,27,29)/t16-/m0/s1. The number of nitrogens with one attached hydrogen (secondary N) is 1. The Morgan fingerprint density at radius 1 is 1.06 bits per heavy atom. The van der Waals surface area contributed by atoms with Gasteiger partial charge in [0.2, 0.25) is 0 Å². The van der Waals surface area contributed by atoms with E-state index in [-0.39, 0.29) is 27.1 Å². The molecule has 0 saturated heterocycles. The predicted molar refractivity (Wildman–Crippen MR) is 138 cm³/mol. The lowest BCUT2D eigenvalue weighted by Crippen LogP contribution is -2.30. The molecule has 8 nitrogen and oxygen atoms in total. The number of carbonyl (C=O) groups excluding carboxylic acids is 3. The Hall–Kier alpha value is -3.21. The van der Waals surface area contributed by atoms with Crippen LogP contribution < -0.4 is 5.32 Å². The minimum absolute atomic E-state index is 0.0573. The lowest BCUT2D eigenvalue weighted by molar-refractivity contribution is -0.152. The molecule has 0 bridgehead atoms. The summed E-state index contributed by atoms with van der Waals surface area (Å²) in [5.74, 6) is -2.66. The Labute approximate surface area is 218 Å². The largest absolute Gasteiger partial charge is 0.462 e. The second kappa shape index (κ2) is 12.2. The average Bonchev–Trinajstić information content (AvgIpc) is 3.27. The zero-order valence-corrected chi connectivity index (χ0v) is 21.9. The molecule has 36 heavy (non-hydrogen) atoms. The van der Waals surface area contributed by atoms with Gasteiger partial charge in [0.1, 0.15) is 5.00 Å². The van der Waals surface area contributed by atoms with E-state index in [4.69, 9.17) is 21.1 Å². The van der Waals surface area contributed by atoms with Crippen LogP contribution in [0.15, 0.2) is 65.6 Å². The number of carbonyl (C=O) groups is 3. The van der Waals surface area contributed by atoms with E-state index in [0.29, 0.717) is 0 Å². The molecule has 1 atom stereocenters. The molecule has 1 N–H and O–H groups in total. The minimum Gasteiger partial charge on any atom is -0.462 e. The normalized spacial score (nSPS) is 12.0. The van der Waals surface area contributed by atoms with Gasteiger partial charge in [0.05, 0.1) is 34.3 Å². The van der Waals surface area contributed by atoms with E-state index < -0.39 is 46.0 Å². The van der Waals surface area contributed by atoms with E-state index in [1.165, 1.54) is 36.5 Å². The summed E-state index contributed by atoms with van der Waals surface area (Å²) in [4.78, 5) is 38.1. The number of anilines is 1. The molecule has 1 aromatic heterocycles. The number of esters is 2. The molecule has 0 aliphatic rings. The van der Waals surface area contributed by atoms with Crippen molar-refractivity contribution in [2.75, 3.05) is 17.7 Å². The fraction of sp³-hybridized carbons (Fsp3) is 0.240. The molecular weight excluding hydrogens is 526 g/mol. The second-order valence-electron chi connectivity index (χ2n) is 7.56. The van der Waals surface area contributed by atoms with Gasteiger partial charge in [-0.05, 0) is 37.6 Å². The number of sulfone groups is 1. The first-order valence-electron chi connectivity index (χ1n) is 11.0. The number of hydrogen-bond donors (Lipinski definition) is 1. The van der Waals surface area contributed by atoms with E-state index >= 15 is 0 Å². The van der Waals surface area contributed by atoms with Crippen molar-refractivity contribution < 1.29 is 32.3 Å². The van der Waals surface area contributed by atoms with Crippen LogP contribution in [-0.4, -0.2) is 44.7 Å². The summed E-state index contributed by atoms with van der Waals surface area (Å²) >= 11 is 7.12. The van der Waals surface area contributed by atoms with Gasteiger partial charge in [-0.2, -0.15) is 0 Å². The molecule has 3 rings (SSSR count). The summed E-state index contributed by atoms with van der Waals surface area (Å²) < 4.78 is 35.2. The SMILES string of the molecule is CCOC(=O)c1cc(-c2ccccc2)sc1NC(=O)[C@H](C)OC(=O)CCS(=O)(=O)c1ccccc1Cl. The predicted octanol–water partition coefficient (Wildman–Crippen LogP) is 4.98. The highest BCUT2D eigenvalue weighted by Crippen LogP contribution is 2.36. The van der Waals surface area contributed by atoms with Crippen LogP contribution in [0.2, 0.25) is 5.02 Å². The van der Waals surface area contributed by atoms with Gasteiger partial charge in [-0.3, -0.25) is 9.59 Å². The molecule has 11 heteroatoms. The van der Waals surface area contributed by atoms with Crippen molar-refractivity contribution in [3.05, 3.63) is 71.2 Å². The summed E-state index contributed by atoms with van der Waals surface area (Å²) in [7, 11) is -3.82. The first-order valence-corrected chi connectivity index (χ1v) is 13.8. The average molecular weight is 550 g/mol. The molecule has 3 aromatic rings. The van der Waals surface area contributed by atoms with Crippen molar-refractivity contribution in [2.45, 2.75) is 31.3 Å². The summed E-state index contributed by atoms with van der Waals surface area (Å²) in [6, 6.07) is 16.9. The summed E-state index contributed by atoms with van der Waals surface area (Å²) in [6.45, 7) is 3.19. The number of halogens is 1. The van der Waals surface area contributed by atoms with Crippen LogP contribution in [0.5, 0.6) is 0 Å². The second-order valence-corrected chi connectivity index (χ2v) is 11.1. The van der Waals surface area contributed by atoms with Gasteiger partial charge in [0.25, 0.3) is 5.91 Å². The lowest BCUT2D eigenvalue weighted by Gasteiger charge is -2.14. The van der Waals surface area contributed by atoms with E-state index in [1.807, 2.05) is 30.3 Å². The fourth-order valence-corrected chi connectivity index (χ4v) is 5.99. The summed E-state index contributed by atoms with van der Waals surface area (Å²) in [5.41, 5.74) is 1.03. The van der Waals surface area contributed by atoms with Crippen molar-refractivity contribution in [2.24, 2.45) is 0 Å². The van der Waals surface area contributed by atoms with Crippen LogP contribution >= 0.6 is 22.9 Å². The Kier molecular flexibility index (Phi) is 9.25. The number of rotatable bonds is 10. The zero-order valence-electron chi connectivity index (χ0n) is 19.5. The van der Waals surface area contributed by atoms with Crippen LogP contribution in [0.3, 0.4) is 0 Å². The number of ether oxygens (including phenoxy) is 2. The number of amides is 1. The van der Waals surface area contributed by atoms with Crippen LogP contribution in [0.25, 0.3) is 10.4 Å². The van der Waals surface area contributed by atoms with E-state index in [1.54, 1.807) is 19.1 Å². The molecule has 1 heterocycles. The van der Waals surface area contributed by atoms with Crippen molar-refractivity contribution in [1.29, 1.82) is 0 Å². The number of hydrogen-bond acceptors (Lipinski definition) is 8. The van der Waals surface area contributed by atoms with Crippen molar-refractivity contribution >= 4 is 55.6 Å². The van der Waals surface area contributed by atoms with Gasteiger partial charge in [-0.1, -0.05) is 54.1 Å². The maximum absolute atomic E-state index is 12.7. The number of thiophene rings is 1. The third-order valence-corrected chi connectivity index (χ3v) is 8.26. The van der Waals surface area contributed by atoms with Crippen LogP contribution in [0, 0.1) is 0 Å². The quantitative estimate of drug-likeness (QED) is 0.354. The van der Waals surface area contributed by atoms with Crippen molar-refractivity contribution in [1.82, 2.24) is 0 Å². The van der Waals surface area contributed by atoms with Gasteiger partial charge >= 0.3 is 11.9 Å². The Bertz CT molecular complexity index is 1350. The Morgan fingerprint density at radius 3 is 2.39 bits per heavy atom. The highest BCUT2D eigenvalue weighted by molar-refractivity contribution is 7.91. The molecule has 0 saturated carbocycles. The molecule has 0 fully saturated rings. The fourth-order valence-electron chi connectivity index (χ4n) is 3.14. The highest BCUT2D eigenvalue weighted by atomic mass is 35.5. The smallest absolute Gasteiger partial charge is 0.341 e. The summed E-state index contributed by atoms with van der Waals surface area (Å²) in [6.07, 6.45) is -1.70. The Balaban J connectivity index is 1.66. The van der Waals surface area contributed by atoms with Crippen molar-refractivity contribution in [3.63, 3.8) is 0 Å². The van der Waals surface area contributed by atoms with E-state index in [0.717, 1.165) is 10.4 Å². The lowest BCUT2D eigenvalue weighted by atomic mass is 10.1. The van der Waals surface area contributed by atoms with Crippen molar-refractivity contribution in [3.8, 4) is 10.4 Å². The van der Waals surface area contributed by atoms with Crippen LogP contribution in [0.1, 0.15) is 30.6 Å². The highest BCUT2D eigenvalue weighted by Gasteiger charge is 2.25. The molecule has 190 valence electrons. The van der Waals surface area contributed by atoms with Gasteiger partial charge < -0.3 is 14.8 Å².